The van der Waals surface area contributed by atoms with E-state index in [4.69, 9.17) is 21.4 Å². The summed E-state index contributed by atoms with van der Waals surface area (Å²) in [6, 6.07) is 2.48. The van der Waals surface area contributed by atoms with Crippen molar-refractivity contribution in [3.05, 3.63) is 50.8 Å². The van der Waals surface area contributed by atoms with E-state index in [2.05, 4.69) is 10.3 Å². The molecule has 1 amide bonds. The minimum absolute atomic E-state index is 0.0794. The number of rotatable bonds is 6. The average molecular weight is 443 g/mol. The lowest BCUT2D eigenvalue weighted by Gasteiger charge is -2.25. The van der Waals surface area contributed by atoms with Gasteiger partial charge in [0, 0.05) is 30.8 Å². The highest BCUT2D eigenvalue weighted by atomic mass is 35.5. The summed E-state index contributed by atoms with van der Waals surface area (Å²) in [7, 11) is 0. The fourth-order valence-corrected chi connectivity index (χ4v) is 3.47. The van der Waals surface area contributed by atoms with Gasteiger partial charge >= 0.3 is 6.09 Å². The first kappa shape index (κ1) is 21.8. The van der Waals surface area contributed by atoms with Crippen LogP contribution >= 0.6 is 11.6 Å². The number of benzene rings is 1. The van der Waals surface area contributed by atoms with Gasteiger partial charge in [-0.2, -0.15) is 4.98 Å². The smallest absolute Gasteiger partial charge is 0.404 e. The lowest BCUT2D eigenvalue weighted by molar-refractivity contribution is 0.191. The van der Waals surface area contributed by atoms with E-state index in [1.165, 1.54) is 10.6 Å². The SMILES string of the molecule is CC(C)n1c(N2CC[C@@H](NC(=O)O)C2)nc(OCc2ccc(F)cc2F)c(Cl)c1=O. The van der Waals surface area contributed by atoms with Crippen molar-refractivity contribution in [1.29, 1.82) is 0 Å². The number of hydrogen-bond donors (Lipinski definition) is 2. The van der Waals surface area contributed by atoms with Gasteiger partial charge in [0.05, 0.1) is 6.04 Å². The van der Waals surface area contributed by atoms with Crippen LogP contribution in [-0.4, -0.2) is 39.9 Å². The molecule has 1 aliphatic rings. The van der Waals surface area contributed by atoms with Gasteiger partial charge in [0.15, 0.2) is 5.02 Å². The quantitative estimate of drug-likeness (QED) is 0.713. The number of halogens is 3. The number of nitrogens with zero attached hydrogens (tertiary/aromatic N) is 3. The summed E-state index contributed by atoms with van der Waals surface area (Å²) in [6.07, 6.45) is -0.586. The number of ether oxygens (including phenoxy) is 1. The maximum absolute atomic E-state index is 13.9. The first-order valence-corrected chi connectivity index (χ1v) is 9.68. The van der Waals surface area contributed by atoms with E-state index >= 15 is 0 Å². The highest BCUT2D eigenvalue weighted by Gasteiger charge is 2.29. The van der Waals surface area contributed by atoms with Crippen LogP contribution in [0.2, 0.25) is 5.02 Å². The van der Waals surface area contributed by atoms with Gasteiger partial charge < -0.3 is 20.1 Å². The number of amides is 1. The molecule has 0 radical (unpaired) electrons. The molecule has 1 aliphatic heterocycles. The number of carbonyl (C=O) groups is 1. The Hall–Kier alpha value is -2.88. The number of hydrogen-bond acceptors (Lipinski definition) is 5. The van der Waals surface area contributed by atoms with Crippen LogP contribution < -0.4 is 20.5 Å². The van der Waals surface area contributed by atoms with E-state index in [0.29, 0.717) is 19.5 Å². The van der Waals surface area contributed by atoms with Crippen LogP contribution in [0.3, 0.4) is 0 Å². The number of anilines is 1. The van der Waals surface area contributed by atoms with Crippen molar-refractivity contribution in [2.75, 3.05) is 18.0 Å². The maximum Gasteiger partial charge on any atom is 0.404 e. The minimum Gasteiger partial charge on any atom is -0.471 e. The zero-order valence-corrected chi connectivity index (χ0v) is 17.1. The molecule has 1 atom stereocenters. The van der Waals surface area contributed by atoms with Gasteiger partial charge in [0.2, 0.25) is 11.8 Å². The second kappa shape index (κ2) is 8.86. The lowest BCUT2D eigenvalue weighted by Crippen LogP contribution is -2.38. The fourth-order valence-electron chi connectivity index (χ4n) is 3.29. The third-order valence-electron chi connectivity index (χ3n) is 4.71. The summed E-state index contributed by atoms with van der Waals surface area (Å²) in [5.74, 6) is -1.40. The van der Waals surface area contributed by atoms with Gasteiger partial charge in [-0.15, -0.1) is 0 Å². The fraction of sp³-hybridized carbons (Fsp3) is 0.421. The van der Waals surface area contributed by atoms with E-state index in [1.807, 2.05) is 0 Å². The normalized spacial score (nSPS) is 16.2. The van der Waals surface area contributed by atoms with Gasteiger partial charge in [-0.25, -0.2) is 13.6 Å². The van der Waals surface area contributed by atoms with E-state index in [-0.39, 0.29) is 41.1 Å². The molecule has 1 saturated heterocycles. The molecule has 0 unspecified atom stereocenters. The number of carboxylic acid groups (broad SMARTS) is 1. The molecule has 1 fully saturated rings. The van der Waals surface area contributed by atoms with Crippen molar-refractivity contribution in [2.24, 2.45) is 0 Å². The van der Waals surface area contributed by atoms with E-state index in [1.54, 1.807) is 18.7 Å². The molecule has 1 aromatic heterocycles. The van der Waals surface area contributed by atoms with Gasteiger partial charge in [-0.1, -0.05) is 11.6 Å². The lowest BCUT2D eigenvalue weighted by atomic mass is 10.2. The Balaban J connectivity index is 1.91. The summed E-state index contributed by atoms with van der Waals surface area (Å²) in [5, 5.41) is 11.1. The van der Waals surface area contributed by atoms with Crippen molar-refractivity contribution in [3.8, 4) is 5.88 Å². The molecule has 2 aromatic rings. The highest BCUT2D eigenvalue weighted by Crippen LogP contribution is 2.27. The van der Waals surface area contributed by atoms with Crippen LogP contribution in [0.1, 0.15) is 31.9 Å². The largest absolute Gasteiger partial charge is 0.471 e. The zero-order valence-electron chi connectivity index (χ0n) is 16.4. The average Bonchev–Trinajstić information content (AvgIpc) is 3.11. The second-order valence-electron chi connectivity index (χ2n) is 7.21. The zero-order chi connectivity index (χ0) is 22.0. The Kier molecular flexibility index (Phi) is 6.45. The molecule has 3 rings (SSSR count). The van der Waals surface area contributed by atoms with Crippen LogP contribution in [0.5, 0.6) is 5.88 Å². The molecule has 2 heterocycles. The van der Waals surface area contributed by atoms with Gasteiger partial charge in [0.25, 0.3) is 5.56 Å². The van der Waals surface area contributed by atoms with E-state index < -0.39 is 23.3 Å². The van der Waals surface area contributed by atoms with Crippen LogP contribution in [-0.2, 0) is 6.61 Å². The van der Waals surface area contributed by atoms with Crippen LogP contribution in [0, 0.1) is 11.6 Å². The molecule has 30 heavy (non-hydrogen) atoms. The Labute approximate surface area is 176 Å². The predicted molar refractivity (Wildman–Crippen MR) is 106 cm³/mol. The summed E-state index contributed by atoms with van der Waals surface area (Å²) in [4.78, 5) is 29.9. The molecular formula is C19H21ClF2N4O4. The van der Waals surface area contributed by atoms with Gasteiger partial charge in [-0.3, -0.25) is 9.36 Å². The Morgan fingerprint density at radius 3 is 2.80 bits per heavy atom. The van der Waals surface area contributed by atoms with Crippen molar-refractivity contribution in [1.82, 2.24) is 14.9 Å². The monoisotopic (exact) mass is 442 g/mol. The molecule has 162 valence electrons. The van der Waals surface area contributed by atoms with E-state index in [9.17, 15) is 18.4 Å². The number of aromatic nitrogens is 2. The van der Waals surface area contributed by atoms with Crippen LogP contribution in [0.15, 0.2) is 23.0 Å². The summed E-state index contributed by atoms with van der Waals surface area (Å²) in [5.41, 5.74) is -0.448. The molecule has 8 nitrogen and oxygen atoms in total. The first-order chi connectivity index (χ1) is 14.2. The summed E-state index contributed by atoms with van der Waals surface area (Å²) in [6.45, 7) is 4.07. The molecular weight excluding hydrogens is 422 g/mol. The molecule has 0 aliphatic carbocycles. The van der Waals surface area contributed by atoms with Crippen molar-refractivity contribution < 1.29 is 23.4 Å². The molecule has 1 aromatic carbocycles. The van der Waals surface area contributed by atoms with Gasteiger partial charge in [0.1, 0.15) is 18.2 Å². The molecule has 0 saturated carbocycles. The highest BCUT2D eigenvalue weighted by molar-refractivity contribution is 6.31. The Morgan fingerprint density at radius 2 is 2.17 bits per heavy atom. The van der Waals surface area contributed by atoms with Crippen LogP contribution in [0.25, 0.3) is 0 Å². The van der Waals surface area contributed by atoms with Crippen LogP contribution in [0.4, 0.5) is 19.5 Å². The predicted octanol–water partition coefficient (Wildman–Crippen LogP) is 3.18. The van der Waals surface area contributed by atoms with E-state index in [0.717, 1.165) is 12.1 Å². The third-order valence-corrected chi connectivity index (χ3v) is 5.03. The maximum atomic E-state index is 13.9. The Bertz CT molecular complexity index is 1010. The van der Waals surface area contributed by atoms with Crippen molar-refractivity contribution in [2.45, 2.75) is 39.0 Å². The summed E-state index contributed by atoms with van der Waals surface area (Å²) < 4.78 is 33.8. The minimum atomic E-state index is -1.13. The molecule has 0 bridgehead atoms. The van der Waals surface area contributed by atoms with Crippen molar-refractivity contribution in [3.63, 3.8) is 0 Å². The second-order valence-corrected chi connectivity index (χ2v) is 7.58. The first-order valence-electron chi connectivity index (χ1n) is 9.30. The standard InChI is InChI=1S/C19H21ClF2N4O4/c1-10(2)26-17(27)15(20)16(30-9-11-3-4-12(21)7-14(11)22)24-18(26)25-6-5-13(8-25)23-19(28)29/h3-4,7,10,13,23H,5-6,8-9H2,1-2H3,(H,28,29)/t13-/m1/s1. The molecule has 2 N–H and O–H groups in total. The molecule has 11 heteroatoms. The molecule has 0 spiro atoms. The van der Waals surface area contributed by atoms with Crippen molar-refractivity contribution >= 4 is 23.6 Å². The number of nitrogens with one attached hydrogen (secondary N) is 1. The third kappa shape index (κ3) is 4.64. The van der Waals surface area contributed by atoms with Gasteiger partial charge in [-0.05, 0) is 32.4 Å². The topological polar surface area (TPSA) is 96.7 Å². The summed E-state index contributed by atoms with van der Waals surface area (Å²) >= 11 is 6.17. The Morgan fingerprint density at radius 1 is 1.43 bits per heavy atom.